The summed E-state index contributed by atoms with van der Waals surface area (Å²) < 4.78 is 5.69. The Morgan fingerprint density at radius 2 is 1.83 bits per heavy atom. The maximum Gasteiger partial charge on any atom is 0.411 e. The first-order chi connectivity index (χ1) is 17.0. The van der Waals surface area contributed by atoms with E-state index in [1.165, 1.54) is 11.3 Å². The number of aryl methyl sites for hydroxylation is 1. The summed E-state index contributed by atoms with van der Waals surface area (Å²) in [6.45, 7) is 1.79. The number of nitrogens with one attached hydrogen (secondary N) is 2. The van der Waals surface area contributed by atoms with Crippen molar-refractivity contribution in [3.8, 4) is 11.1 Å². The summed E-state index contributed by atoms with van der Waals surface area (Å²) in [5.74, 6) is -0.0975. The minimum Gasteiger partial charge on any atom is -0.446 e. The second-order valence-electron chi connectivity index (χ2n) is 8.75. The van der Waals surface area contributed by atoms with Crippen molar-refractivity contribution in [1.82, 2.24) is 4.90 Å². The Hall–Kier alpha value is -3.20. The largest absolute Gasteiger partial charge is 0.446 e. The van der Waals surface area contributed by atoms with Crippen LogP contribution in [-0.2, 0) is 22.6 Å². The monoisotopic (exact) mass is 493 g/mol. The van der Waals surface area contributed by atoms with Crippen molar-refractivity contribution in [2.24, 2.45) is 0 Å². The molecular weight excluding hydrogens is 462 g/mol. The van der Waals surface area contributed by atoms with Gasteiger partial charge in [0.15, 0.2) is 0 Å². The summed E-state index contributed by atoms with van der Waals surface area (Å²) >= 11 is 1.36. The number of thiophene rings is 1. The van der Waals surface area contributed by atoms with E-state index in [1.54, 1.807) is 12.1 Å². The lowest BCUT2D eigenvalue weighted by atomic mass is 9.99. The molecule has 2 amide bonds. The fourth-order valence-electron chi connectivity index (χ4n) is 4.10. The van der Waals surface area contributed by atoms with Crippen LogP contribution in [0.5, 0.6) is 0 Å². The number of piperidine rings is 1. The number of aliphatic hydroxyl groups excluding tert-OH is 1. The lowest BCUT2D eigenvalue weighted by molar-refractivity contribution is -0.116. The topological polar surface area (TPSA) is 90.9 Å². The maximum atomic E-state index is 12.7. The maximum absolute atomic E-state index is 12.7. The molecule has 1 aliphatic rings. The first-order valence-electron chi connectivity index (χ1n) is 11.8. The highest BCUT2D eigenvalue weighted by Crippen LogP contribution is 2.30. The number of aliphatic hydroxyl groups is 1. The molecule has 2 heterocycles. The smallest absolute Gasteiger partial charge is 0.411 e. The van der Waals surface area contributed by atoms with E-state index >= 15 is 0 Å². The summed E-state index contributed by atoms with van der Waals surface area (Å²) in [5.41, 5.74) is 3.49. The molecule has 8 heteroatoms. The molecule has 2 aromatic carbocycles. The molecular formula is C27H31N3O4S. The lowest BCUT2D eigenvalue weighted by Gasteiger charge is -2.28. The third kappa shape index (κ3) is 7.14. The number of carbonyl (C=O) groups is 2. The van der Waals surface area contributed by atoms with Gasteiger partial charge in [-0.3, -0.25) is 10.1 Å². The Bertz CT molecular complexity index is 1140. The molecule has 0 saturated carbocycles. The summed E-state index contributed by atoms with van der Waals surface area (Å²) in [6, 6.07) is 19.3. The van der Waals surface area contributed by atoms with Gasteiger partial charge in [-0.15, -0.1) is 11.3 Å². The predicted molar refractivity (Wildman–Crippen MR) is 140 cm³/mol. The SMILES string of the molecule is CN1CCC(OC(=O)Nc2cc(CCC(=O)Nc3ccc(CO)s3)ccc2-c2ccccc2)CC1. The fourth-order valence-corrected chi connectivity index (χ4v) is 4.89. The number of ether oxygens (including phenoxy) is 1. The zero-order valence-corrected chi connectivity index (χ0v) is 20.6. The van der Waals surface area contributed by atoms with Crippen LogP contribution in [0.2, 0.25) is 0 Å². The van der Waals surface area contributed by atoms with Crippen LogP contribution in [0.1, 0.15) is 29.7 Å². The van der Waals surface area contributed by atoms with Crippen molar-refractivity contribution in [3.05, 3.63) is 71.1 Å². The number of rotatable bonds is 8. The van der Waals surface area contributed by atoms with Gasteiger partial charge < -0.3 is 20.1 Å². The lowest BCUT2D eigenvalue weighted by Crippen LogP contribution is -2.36. The highest BCUT2D eigenvalue weighted by molar-refractivity contribution is 7.16. The minimum atomic E-state index is -0.455. The molecule has 1 aromatic heterocycles. The van der Waals surface area contributed by atoms with E-state index in [1.807, 2.05) is 48.5 Å². The highest BCUT2D eigenvalue weighted by atomic mass is 32.1. The highest BCUT2D eigenvalue weighted by Gasteiger charge is 2.21. The van der Waals surface area contributed by atoms with Crippen LogP contribution in [-0.4, -0.2) is 48.2 Å². The number of amides is 2. The van der Waals surface area contributed by atoms with Crippen LogP contribution in [0.15, 0.2) is 60.7 Å². The zero-order valence-electron chi connectivity index (χ0n) is 19.8. The molecule has 7 nitrogen and oxygen atoms in total. The third-order valence-electron chi connectivity index (χ3n) is 6.07. The minimum absolute atomic E-state index is 0.0374. The van der Waals surface area contributed by atoms with Crippen molar-refractivity contribution in [2.45, 2.75) is 38.4 Å². The third-order valence-corrected chi connectivity index (χ3v) is 7.05. The van der Waals surface area contributed by atoms with Gasteiger partial charge in [0.05, 0.1) is 17.3 Å². The molecule has 1 aliphatic heterocycles. The summed E-state index contributed by atoms with van der Waals surface area (Å²) in [5, 5.41) is 15.7. The average molecular weight is 494 g/mol. The van der Waals surface area contributed by atoms with Gasteiger partial charge in [0, 0.05) is 30.0 Å². The zero-order chi connectivity index (χ0) is 24.6. The number of nitrogens with zero attached hydrogens (tertiary/aromatic N) is 1. The molecule has 0 aliphatic carbocycles. The standard InChI is InChI=1S/C27H31N3O4S/c1-30-15-13-21(14-16-30)34-27(33)28-24-17-19(7-10-23(24)20-5-3-2-4-6-20)8-11-25(32)29-26-12-9-22(18-31)35-26/h2-7,9-10,12,17,21,31H,8,11,13-16,18H2,1H3,(H,28,33)(H,29,32). The summed E-state index contributed by atoms with van der Waals surface area (Å²) in [6.07, 6.45) is 1.95. The fraction of sp³-hybridized carbons (Fsp3) is 0.333. The van der Waals surface area contributed by atoms with Crippen molar-refractivity contribution in [1.29, 1.82) is 0 Å². The molecule has 1 saturated heterocycles. The van der Waals surface area contributed by atoms with Crippen LogP contribution in [0.4, 0.5) is 15.5 Å². The van der Waals surface area contributed by atoms with Gasteiger partial charge in [0.25, 0.3) is 0 Å². The number of likely N-dealkylation sites (tertiary alicyclic amines) is 1. The molecule has 0 radical (unpaired) electrons. The first kappa shape index (κ1) is 24.9. The van der Waals surface area contributed by atoms with Gasteiger partial charge in [-0.1, -0.05) is 42.5 Å². The molecule has 35 heavy (non-hydrogen) atoms. The van der Waals surface area contributed by atoms with E-state index in [4.69, 9.17) is 4.74 Å². The van der Waals surface area contributed by atoms with E-state index < -0.39 is 6.09 Å². The van der Waals surface area contributed by atoms with Gasteiger partial charge in [-0.25, -0.2) is 4.79 Å². The normalized spacial score (nSPS) is 14.5. The summed E-state index contributed by atoms with van der Waals surface area (Å²) in [7, 11) is 2.07. The van der Waals surface area contributed by atoms with E-state index in [0.717, 1.165) is 52.5 Å². The van der Waals surface area contributed by atoms with E-state index in [-0.39, 0.29) is 18.6 Å². The van der Waals surface area contributed by atoms with E-state index in [0.29, 0.717) is 18.5 Å². The first-order valence-corrected chi connectivity index (χ1v) is 12.7. The summed E-state index contributed by atoms with van der Waals surface area (Å²) in [4.78, 5) is 28.2. The molecule has 0 bridgehead atoms. The van der Waals surface area contributed by atoms with E-state index in [9.17, 15) is 14.7 Å². The molecule has 0 unspecified atom stereocenters. The van der Waals surface area contributed by atoms with Crippen LogP contribution >= 0.6 is 11.3 Å². The molecule has 1 fully saturated rings. The number of carbonyl (C=O) groups excluding carboxylic acids is 2. The second-order valence-corrected chi connectivity index (χ2v) is 9.92. The second kappa shape index (κ2) is 12.0. The Morgan fingerprint density at radius 1 is 1.06 bits per heavy atom. The molecule has 4 rings (SSSR count). The van der Waals surface area contributed by atoms with Gasteiger partial charge in [0.2, 0.25) is 5.91 Å². The van der Waals surface area contributed by atoms with Crippen LogP contribution in [0.3, 0.4) is 0 Å². The molecule has 3 aromatic rings. The predicted octanol–water partition coefficient (Wildman–Crippen LogP) is 5.12. The number of anilines is 2. The van der Waals surface area contributed by atoms with Gasteiger partial charge >= 0.3 is 6.09 Å². The number of benzene rings is 2. The number of hydrogen-bond acceptors (Lipinski definition) is 6. The van der Waals surface area contributed by atoms with Crippen LogP contribution in [0.25, 0.3) is 11.1 Å². The van der Waals surface area contributed by atoms with Crippen LogP contribution < -0.4 is 10.6 Å². The van der Waals surface area contributed by atoms with Gasteiger partial charge in [0.1, 0.15) is 6.10 Å². The molecule has 0 atom stereocenters. The molecule has 3 N–H and O–H groups in total. The van der Waals surface area contributed by atoms with Crippen molar-refractivity contribution in [2.75, 3.05) is 30.8 Å². The Balaban J connectivity index is 1.43. The van der Waals surface area contributed by atoms with Gasteiger partial charge in [-0.2, -0.15) is 0 Å². The van der Waals surface area contributed by atoms with E-state index in [2.05, 4.69) is 22.6 Å². The average Bonchev–Trinajstić information content (AvgIpc) is 3.32. The quantitative estimate of drug-likeness (QED) is 0.405. The Labute approximate surface area is 209 Å². The van der Waals surface area contributed by atoms with Crippen molar-refractivity contribution < 1.29 is 19.4 Å². The molecule has 0 spiro atoms. The Morgan fingerprint density at radius 3 is 2.54 bits per heavy atom. The Kier molecular flexibility index (Phi) is 8.52. The van der Waals surface area contributed by atoms with Crippen LogP contribution in [0, 0.1) is 0 Å². The van der Waals surface area contributed by atoms with Crippen molar-refractivity contribution >= 4 is 34.0 Å². The molecule has 184 valence electrons. The van der Waals surface area contributed by atoms with Crippen molar-refractivity contribution in [3.63, 3.8) is 0 Å². The number of hydrogen-bond donors (Lipinski definition) is 3. The van der Waals surface area contributed by atoms with Gasteiger partial charge in [-0.05, 0) is 55.6 Å².